The van der Waals surface area contributed by atoms with Crippen LogP contribution in [-0.2, 0) is 0 Å². The monoisotopic (exact) mass is 214 g/mol. The molecule has 1 fully saturated rings. The van der Waals surface area contributed by atoms with E-state index in [2.05, 4.69) is 48.7 Å². The van der Waals surface area contributed by atoms with Crippen molar-refractivity contribution in [2.75, 3.05) is 39.5 Å². The fourth-order valence-corrected chi connectivity index (χ4v) is 2.07. The number of hydrogen-bond donors (Lipinski definition) is 1. The minimum absolute atomic E-state index is 0.744. The lowest BCUT2D eigenvalue weighted by Crippen LogP contribution is -2.45. The lowest BCUT2D eigenvalue weighted by Gasteiger charge is -2.35. The van der Waals surface area contributed by atoms with Crippen LogP contribution in [0.3, 0.4) is 0 Å². The molecular weight excluding hydrogens is 192 g/mol. The predicted octanol–water partition coefficient (Wildman–Crippen LogP) is 1.50. The van der Waals surface area contributed by atoms with Gasteiger partial charge in [-0.05, 0) is 33.5 Å². The summed E-state index contributed by atoms with van der Waals surface area (Å²) in [5.41, 5.74) is 0. The second-order valence-electron chi connectivity index (χ2n) is 4.17. The first kappa shape index (κ1) is 12.1. The highest BCUT2D eigenvalue weighted by Gasteiger charge is 2.19. The molecule has 1 unspecified atom stereocenters. The largest absolute Gasteiger partial charge is 0.305 e. The summed E-state index contributed by atoms with van der Waals surface area (Å²) in [6.07, 6.45) is 7.03. The van der Waals surface area contributed by atoms with Crippen molar-refractivity contribution >= 4 is 12.6 Å². The molecule has 0 radical (unpaired) electrons. The molecule has 14 heavy (non-hydrogen) atoms. The molecule has 0 aromatic rings. The normalized spacial score (nSPS) is 25.0. The van der Waals surface area contributed by atoms with E-state index >= 15 is 0 Å². The molecule has 0 bridgehead atoms. The van der Waals surface area contributed by atoms with Gasteiger partial charge in [0.05, 0.1) is 0 Å². The Labute approximate surface area is 93.4 Å². The van der Waals surface area contributed by atoms with Gasteiger partial charge in [-0.1, -0.05) is 12.2 Å². The second-order valence-corrected chi connectivity index (χ2v) is 4.54. The van der Waals surface area contributed by atoms with Crippen LogP contribution >= 0.6 is 12.6 Å². The molecule has 1 heterocycles. The maximum absolute atomic E-state index is 4.16. The van der Waals surface area contributed by atoms with Crippen LogP contribution in [0.4, 0.5) is 0 Å². The molecule has 0 aliphatic carbocycles. The number of rotatable bonds is 4. The van der Waals surface area contributed by atoms with E-state index in [9.17, 15) is 0 Å². The first-order chi connectivity index (χ1) is 6.74. The van der Waals surface area contributed by atoms with Gasteiger partial charge in [0.1, 0.15) is 0 Å². The van der Waals surface area contributed by atoms with E-state index in [1.807, 2.05) is 0 Å². The molecule has 1 aliphatic heterocycles. The molecule has 0 saturated carbocycles. The zero-order chi connectivity index (χ0) is 10.4. The first-order valence-corrected chi connectivity index (χ1v) is 6.02. The number of nitrogens with zero attached hydrogens (tertiary/aromatic N) is 2. The standard InChI is InChI=1S/C11H22N2S/c1-12(2)11-6-5-8-13(10-11)7-3-4-9-14/h3-4,11,14H,5-10H2,1-2H3. The number of piperidine rings is 1. The van der Waals surface area contributed by atoms with Crippen molar-refractivity contribution in [2.45, 2.75) is 18.9 Å². The smallest absolute Gasteiger partial charge is 0.0217 e. The summed E-state index contributed by atoms with van der Waals surface area (Å²) >= 11 is 4.16. The van der Waals surface area contributed by atoms with Crippen molar-refractivity contribution in [1.82, 2.24) is 9.80 Å². The number of thiol groups is 1. The summed E-state index contributed by atoms with van der Waals surface area (Å²) in [4.78, 5) is 4.86. The SMILES string of the molecule is CN(C)C1CCCN(CC=CCS)C1. The summed E-state index contributed by atoms with van der Waals surface area (Å²) in [5.74, 6) is 0.852. The first-order valence-electron chi connectivity index (χ1n) is 5.38. The molecular formula is C11H22N2S. The van der Waals surface area contributed by atoms with Crippen molar-refractivity contribution in [3.05, 3.63) is 12.2 Å². The highest BCUT2D eigenvalue weighted by atomic mass is 32.1. The summed E-state index contributed by atoms with van der Waals surface area (Å²) < 4.78 is 0. The van der Waals surface area contributed by atoms with Gasteiger partial charge in [0.25, 0.3) is 0 Å². The van der Waals surface area contributed by atoms with Crippen LogP contribution in [0.15, 0.2) is 12.2 Å². The maximum atomic E-state index is 4.16. The van der Waals surface area contributed by atoms with Gasteiger partial charge in [-0.15, -0.1) is 0 Å². The third-order valence-electron chi connectivity index (χ3n) is 2.85. The minimum Gasteiger partial charge on any atom is -0.305 e. The zero-order valence-electron chi connectivity index (χ0n) is 9.32. The molecule has 0 aromatic carbocycles. The van der Waals surface area contributed by atoms with Gasteiger partial charge < -0.3 is 4.90 Å². The number of likely N-dealkylation sites (N-methyl/N-ethyl adjacent to an activating group) is 1. The molecule has 1 atom stereocenters. The zero-order valence-corrected chi connectivity index (χ0v) is 10.2. The Morgan fingerprint density at radius 2 is 2.21 bits per heavy atom. The van der Waals surface area contributed by atoms with Crippen LogP contribution in [0.1, 0.15) is 12.8 Å². The quantitative estimate of drug-likeness (QED) is 0.560. The molecule has 82 valence electrons. The summed E-state index contributed by atoms with van der Waals surface area (Å²) in [6, 6.07) is 0.744. The average molecular weight is 214 g/mol. The molecule has 1 saturated heterocycles. The summed E-state index contributed by atoms with van der Waals surface area (Å²) in [7, 11) is 4.36. The Balaban J connectivity index is 2.29. The fourth-order valence-electron chi connectivity index (χ4n) is 1.92. The minimum atomic E-state index is 0.744. The molecule has 3 heteroatoms. The van der Waals surface area contributed by atoms with Crippen molar-refractivity contribution in [3.63, 3.8) is 0 Å². The topological polar surface area (TPSA) is 6.48 Å². The Morgan fingerprint density at radius 1 is 1.43 bits per heavy atom. The van der Waals surface area contributed by atoms with E-state index in [1.165, 1.54) is 25.9 Å². The van der Waals surface area contributed by atoms with E-state index in [0.29, 0.717) is 0 Å². The Bertz CT molecular complexity index is 180. The van der Waals surface area contributed by atoms with E-state index in [-0.39, 0.29) is 0 Å². The number of hydrogen-bond acceptors (Lipinski definition) is 3. The highest BCUT2D eigenvalue weighted by molar-refractivity contribution is 7.80. The third kappa shape index (κ3) is 4.03. The van der Waals surface area contributed by atoms with Gasteiger partial charge in [0.15, 0.2) is 0 Å². The van der Waals surface area contributed by atoms with Crippen LogP contribution < -0.4 is 0 Å². The molecule has 0 aromatic heterocycles. The summed E-state index contributed by atoms with van der Waals surface area (Å²) in [5, 5.41) is 0. The molecule has 1 rings (SSSR count). The van der Waals surface area contributed by atoms with Crippen molar-refractivity contribution in [3.8, 4) is 0 Å². The van der Waals surface area contributed by atoms with Crippen LogP contribution in [0, 0.1) is 0 Å². The van der Waals surface area contributed by atoms with Crippen LogP contribution in [0.5, 0.6) is 0 Å². The lowest BCUT2D eigenvalue weighted by molar-refractivity contribution is 0.143. The van der Waals surface area contributed by atoms with Crippen molar-refractivity contribution in [2.24, 2.45) is 0 Å². The molecule has 0 amide bonds. The third-order valence-corrected chi connectivity index (χ3v) is 3.06. The Morgan fingerprint density at radius 3 is 2.86 bits per heavy atom. The fraction of sp³-hybridized carbons (Fsp3) is 0.818. The Kier molecular flexibility index (Phi) is 5.60. The van der Waals surface area contributed by atoms with Crippen molar-refractivity contribution < 1.29 is 0 Å². The van der Waals surface area contributed by atoms with Gasteiger partial charge in [-0.25, -0.2) is 0 Å². The van der Waals surface area contributed by atoms with Gasteiger partial charge in [-0.3, -0.25) is 4.90 Å². The lowest BCUT2D eigenvalue weighted by atomic mass is 10.1. The molecule has 1 aliphatic rings. The van der Waals surface area contributed by atoms with Gasteiger partial charge in [0, 0.05) is 24.9 Å². The average Bonchev–Trinajstić information content (AvgIpc) is 2.19. The highest BCUT2D eigenvalue weighted by Crippen LogP contribution is 2.13. The second kappa shape index (κ2) is 6.49. The number of likely N-dealkylation sites (tertiary alicyclic amines) is 1. The van der Waals surface area contributed by atoms with Crippen molar-refractivity contribution in [1.29, 1.82) is 0 Å². The Hall–Kier alpha value is 0.01000. The maximum Gasteiger partial charge on any atom is 0.0217 e. The molecule has 2 nitrogen and oxygen atoms in total. The molecule has 0 N–H and O–H groups in total. The van der Waals surface area contributed by atoms with Crippen LogP contribution in [0.25, 0.3) is 0 Å². The molecule has 0 spiro atoms. The van der Waals surface area contributed by atoms with E-state index in [0.717, 1.165) is 18.3 Å². The van der Waals surface area contributed by atoms with E-state index < -0.39 is 0 Å². The predicted molar refractivity (Wildman–Crippen MR) is 66.1 cm³/mol. The van der Waals surface area contributed by atoms with E-state index in [1.54, 1.807) is 0 Å². The van der Waals surface area contributed by atoms with Crippen LogP contribution in [0.2, 0.25) is 0 Å². The van der Waals surface area contributed by atoms with Gasteiger partial charge in [-0.2, -0.15) is 12.6 Å². The van der Waals surface area contributed by atoms with Gasteiger partial charge >= 0.3 is 0 Å². The van der Waals surface area contributed by atoms with Gasteiger partial charge in [0.2, 0.25) is 0 Å². The van der Waals surface area contributed by atoms with E-state index in [4.69, 9.17) is 0 Å². The summed E-state index contributed by atoms with van der Waals surface area (Å²) in [6.45, 7) is 3.55. The van der Waals surface area contributed by atoms with Crippen LogP contribution in [-0.4, -0.2) is 55.3 Å².